The van der Waals surface area contributed by atoms with Gasteiger partial charge in [0.25, 0.3) is 0 Å². The second-order valence-corrected chi connectivity index (χ2v) is 6.04. The van der Waals surface area contributed by atoms with Gasteiger partial charge in [-0.2, -0.15) is 0 Å². The second kappa shape index (κ2) is 4.89. The summed E-state index contributed by atoms with van der Waals surface area (Å²) in [6.07, 6.45) is 8.62. The molecule has 0 saturated heterocycles. The zero-order valence-corrected chi connectivity index (χ0v) is 11.4. The van der Waals surface area contributed by atoms with Crippen LogP contribution in [0.15, 0.2) is 36.4 Å². The van der Waals surface area contributed by atoms with Crippen LogP contribution in [0.25, 0.3) is 0 Å². The van der Waals surface area contributed by atoms with Gasteiger partial charge in [0.05, 0.1) is 0 Å². The standard InChI is InChI=1S/C17H23N/c1-12-6-3-4-7-14(12)10-13(2)18-17-11-15-8-5-9-16(15)17/h3-7,9,13,15-18H,8,10-11H2,1-2H3. The van der Waals surface area contributed by atoms with E-state index < -0.39 is 0 Å². The maximum atomic E-state index is 3.81. The molecule has 4 unspecified atom stereocenters. The van der Waals surface area contributed by atoms with Crippen LogP contribution in [0.4, 0.5) is 0 Å². The minimum Gasteiger partial charge on any atom is -0.311 e. The predicted molar refractivity (Wildman–Crippen MR) is 76.6 cm³/mol. The average Bonchev–Trinajstić information content (AvgIpc) is 2.71. The third-order valence-electron chi connectivity index (χ3n) is 4.65. The number of nitrogens with one attached hydrogen (secondary N) is 1. The third kappa shape index (κ3) is 2.24. The predicted octanol–water partition coefficient (Wildman–Crippen LogP) is 3.48. The fourth-order valence-corrected chi connectivity index (χ4v) is 3.50. The lowest BCUT2D eigenvalue weighted by molar-refractivity contribution is 0.152. The van der Waals surface area contributed by atoms with Crippen molar-refractivity contribution in [1.82, 2.24) is 5.32 Å². The quantitative estimate of drug-likeness (QED) is 0.796. The Kier molecular flexibility index (Phi) is 3.25. The average molecular weight is 241 g/mol. The van der Waals surface area contributed by atoms with E-state index in [4.69, 9.17) is 0 Å². The maximum absolute atomic E-state index is 3.81. The summed E-state index contributed by atoms with van der Waals surface area (Å²) in [5.74, 6) is 1.78. The fraction of sp³-hybridized carbons (Fsp3) is 0.529. The number of fused-ring (bicyclic) bond motifs is 1. The topological polar surface area (TPSA) is 12.0 Å². The van der Waals surface area contributed by atoms with Gasteiger partial charge in [0.2, 0.25) is 0 Å². The Hall–Kier alpha value is -1.08. The van der Waals surface area contributed by atoms with Gasteiger partial charge in [-0.1, -0.05) is 36.4 Å². The summed E-state index contributed by atoms with van der Waals surface area (Å²) in [6, 6.07) is 10.0. The summed E-state index contributed by atoms with van der Waals surface area (Å²) in [5, 5.41) is 3.81. The maximum Gasteiger partial charge on any atom is 0.0138 e. The van der Waals surface area contributed by atoms with Gasteiger partial charge in [-0.15, -0.1) is 0 Å². The van der Waals surface area contributed by atoms with Crippen molar-refractivity contribution in [3.8, 4) is 0 Å². The highest BCUT2D eigenvalue weighted by Crippen LogP contribution is 2.42. The van der Waals surface area contributed by atoms with Crippen molar-refractivity contribution in [2.24, 2.45) is 11.8 Å². The van der Waals surface area contributed by atoms with E-state index in [0.717, 1.165) is 24.3 Å². The second-order valence-electron chi connectivity index (χ2n) is 6.04. The largest absolute Gasteiger partial charge is 0.311 e. The summed E-state index contributed by atoms with van der Waals surface area (Å²) in [5.41, 5.74) is 2.90. The number of rotatable bonds is 4. The normalized spacial score (nSPS) is 30.9. The lowest BCUT2D eigenvalue weighted by atomic mass is 9.71. The van der Waals surface area contributed by atoms with Crippen molar-refractivity contribution < 1.29 is 0 Å². The zero-order valence-electron chi connectivity index (χ0n) is 11.4. The molecule has 1 saturated carbocycles. The number of allylic oxidation sites excluding steroid dienone is 1. The van der Waals surface area contributed by atoms with E-state index >= 15 is 0 Å². The molecule has 1 nitrogen and oxygen atoms in total. The van der Waals surface area contributed by atoms with Gasteiger partial charge < -0.3 is 5.32 Å². The molecule has 0 heterocycles. The molecule has 1 heteroatoms. The van der Waals surface area contributed by atoms with Crippen LogP contribution in [0.2, 0.25) is 0 Å². The Bertz CT molecular complexity index is 449. The van der Waals surface area contributed by atoms with Crippen LogP contribution in [0, 0.1) is 18.8 Å². The van der Waals surface area contributed by atoms with Gasteiger partial charge in [-0.3, -0.25) is 0 Å². The Balaban J connectivity index is 1.55. The zero-order chi connectivity index (χ0) is 12.5. The van der Waals surface area contributed by atoms with Crippen molar-refractivity contribution in [3.63, 3.8) is 0 Å². The van der Waals surface area contributed by atoms with Crippen molar-refractivity contribution in [2.75, 3.05) is 0 Å². The van der Waals surface area contributed by atoms with E-state index in [0.29, 0.717) is 6.04 Å². The summed E-state index contributed by atoms with van der Waals surface area (Å²) in [7, 11) is 0. The van der Waals surface area contributed by atoms with Crippen LogP contribution in [0.1, 0.15) is 30.9 Å². The molecule has 1 aromatic rings. The molecule has 0 spiro atoms. The first-order valence-corrected chi connectivity index (χ1v) is 7.21. The van der Waals surface area contributed by atoms with Crippen LogP contribution in [0.3, 0.4) is 0 Å². The summed E-state index contributed by atoms with van der Waals surface area (Å²) in [6.45, 7) is 4.53. The number of benzene rings is 1. The molecular weight excluding hydrogens is 218 g/mol. The van der Waals surface area contributed by atoms with Crippen molar-refractivity contribution >= 4 is 0 Å². The minimum absolute atomic E-state index is 0.575. The molecule has 4 atom stereocenters. The highest BCUT2D eigenvalue weighted by atomic mass is 15.0. The fourth-order valence-electron chi connectivity index (χ4n) is 3.50. The molecule has 2 aliphatic rings. The van der Waals surface area contributed by atoms with E-state index in [9.17, 15) is 0 Å². The van der Waals surface area contributed by atoms with Gasteiger partial charge in [-0.05, 0) is 56.1 Å². The summed E-state index contributed by atoms with van der Waals surface area (Å²) < 4.78 is 0. The van der Waals surface area contributed by atoms with E-state index in [1.54, 1.807) is 0 Å². The molecule has 3 rings (SSSR count). The Morgan fingerprint density at radius 2 is 2.17 bits per heavy atom. The molecule has 96 valence electrons. The smallest absolute Gasteiger partial charge is 0.0138 e. The van der Waals surface area contributed by atoms with Crippen LogP contribution in [-0.4, -0.2) is 12.1 Å². The summed E-state index contributed by atoms with van der Waals surface area (Å²) in [4.78, 5) is 0. The monoisotopic (exact) mass is 241 g/mol. The first-order chi connectivity index (χ1) is 8.74. The first-order valence-electron chi connectivity index (χ1n) is 7.21. The molecule has 1 N–H and O–H groups in total. The van der Waals surface area contributed by atoms with Crippen molar-refractivity contribution in [2.45, 2.75) is 45.2 Å². The lowest BCUT2D eigenvalue weighted by Crippen LogP contribution is -2.51. The lowest BCUT2D eigenvalue weighted by Gasteiger charge is -2.42. The number of aryl methyl sites for hydroxylation is 1. The number of hydrogen-bond donors (Lipinski definition) is 1. The molecule has 1 fully saturated rings. The Morgan fingerprint density at radius 3 is 2.94 bits per heavy atom. The van der Waals surface area contributed by atoms with Crippen LogP contribution in [0.5, 0.6) is 0 Å². The van der Waals surface area contributed by atoms with Gasteiger partial charge >= 0.3 is 0 Å². The van der Waals surface area contributed by atoms with Crippen LogP contribution in [-0.2, 0) is 6.42 Å². The van der Waals surface area contributed by atoms with E-state index in [-0.39, 0.29) is 0 Å². The molecule has 0 aliphatic heterocycles. The van der Waals surface area contributed by atoms with E-state index in [1.807, 2.05) is 0 Å². The molecule has 18 heavy (non-hydrogen) atoms. The molecule has 2 aliphatic carbocycles. The minimum atomic E-state index is 0.575. The summed E-state index contributed by atoms with van der Waals surface area (Å²) >= 11 is 0. The third-order valence-corrected chi connectivity index (χ3v) is 4.65. The molecule has 0 aromatic heterocycles. The molecule has 1 aromatic carbocycles. The molecule has 0 amide bonds. The first kappa shape index (κ1) is 12.0. The Labute approximate surface area is 110 Å². The van der Waals surface area contributed by atoms with Gasteiger partial charge in [0, 0.05) is 12.1 Å². The molecular formula is C17H23N. The number of hydrogen-bond acceptors (Lipinski definition) is 1. The van der Waals surface area contributed by atoms with Crippen LogP contribution >= 0.6 is 0 Å². The Morgan fingerprint density at radius 1 is 1.33 bits per heavy atom. The van der Waals surface area contributed by atoms with Crippen molar-refractivity contribution in [3.05, 3.63) is 47.5 Å². The highest BCUT2D eigenvalue weighted by molar-refractivity contribution is 5.26. The molecule has 0 bridgehead atoms. The van der Waals surface area contributed by atoms with Gasteiger partial charge in [0.1, 0.15) is 0 Å². The highest BCUT2D eigenvalue weighted by Gasteiger charge is 2.41. The van der Waals surface area contributed by atoms with Gasteiger partial charge in [-0.25, -0.2) is 0 Å². The van der Waals surface area contributed by atoms with E-state index in [2.05, 4.69) is 55.6 Å². The van der Waals surface area contributed by atoms with Crippen molar-refractivity contribution in [1.29, 1.82) is 0 Å². The molecule has 0 radical (unpaired) electrons. The van der Waals surface area contributed by atoms with Gasteiger partial charge in [0.15, 0.2) is 0 Å². The van der Waals surface area contributed by atoms with Crippen LogP contribution < -0.4 is 5.32 Å². The van der Waals surface area contributed by atoms with E-state index in [1.165, 1.54) is 24.0 Å². The SMILES string of the molecule is Cc1ccccc1CC(C)NC1CC2CC=CC21.